The van der Waals surface area contributed by atoms with Gasteiger partial charge in [-0.15, -0.1) is 0 Å². The summed E-state index contributed by atoms with van der Waals surface area (Å²) in [7, 11) is 0. The SMILES string of the molecule is CCCCn1c(=O)c(CCC(=O)OCC(=O)Nc2ccc(N(CC)C(C)C)cc2)nc2ccccc21. The molecular formula is C28H36N4O4. The van der Waals surface area contributed by atoms with Crippen molar-refractivity contribution in [2.24, 2.45) is 0 Å². The molecule has 0 unspecified atom stereocenters. The average Bonchev–Trinajstić information content (AvgIpc) is 2.87. The van der Waals surface area contributed by atoms with Crippen molar-refractivity contribution >= 4 is 34.3 Å². The number of amides is 1. The van der Waals surface area contributed by atoms with E-state index in [0.717, 1.165) is 36.1 Å². The molecule has 1 N–H and O–H groups in total. The number of benzene rings is 2. The fourth-order valence-corrected chi connectivity index (χ4v) is 4.16. The lowest BCUT2D eigenvalue weighted by Crippen LogP contribution is -2.30. The standard InChI is InChI=1S/C28H36N4O4/c1-5-7-18-32-25-11-9-8-10-23(25)30-24(28(32)35)16-17-27(34)36-19-26(33)29-21-12-14-22(15-13-21)31(6-2)20(3)4/h8-15,20H,5-7,16-19H2,1-4H3,(H,29,33). The molecule has 0 atom stereocenters. The van der Waals surface area contributed by atoms with E-state index in [2.05, 4.69) is 42.9 Å². The van der Waals surface area contributed by atoms with Crippen molar-refractivity contribution in [2.45, 2.75) is 66.0 Å². The van der Waals surface area contributed by atoms with Gasteiger partial charge in [-0.1, -0.05) is 25.5 Å². The van der Waals surface area contributed by atoms with Gasteiger partial charge in [0.1, 0.15) is 5.69 Å². The number of carbonyl (C=O) groups excluding carboxylic acids is 2. The normalized spacial score (nSPS) is 11.0. The monoisotopic (exact) mass is 492 g/mol. The maximum atomic E-state index is 13.0. The predicted molar refractivity (Wildman–Crippen MR) is 143 cm³/mol. The van der Waals surface area contributed by atoms with Crippen LogP contribution in [0.2, 0.25) is 0 Å². The molecule has 0 fully saturated rings. The molecule has 0 bridgehead atoms. The Morgan fingerprint density at radius 3 is 2.47 bits per heavy atom. The van der Waals surface area contributed by atoms with E-state index in [-0.39, 0.29) is 25.0 Å². The van der Waals surface area contributed by atoms with E-state index in [4.69, 9.17) is 4.74 Å². The van der Waals surface area contributed by atoms with Crippen LogP contribution in [0, 0.1) is 0 Å². The maximum absolute atomic E-state index is 13.0. The number of carbonyl (C=O) groups is 2. The molecule has 0 aliphatic carbocycles. The van der Waals surface area contributed by atoms with Gasteiger partial charge < -0.3 is 19.5 Å². The van der Waals surface area contributed by atoms with Crippen molar-refractivity contribution in [2.75, 3.05) is 23.4 Å². The van der Waals surface area contributed by atoms with Gasteiger partial charge in [-0.05, 0) is 63.6 Å². The number of unbranched alkanes of at least 4 members (excludes halogenated alkanes) is 1. The molecule has 2 aromatic carbocycles. The zero-order chi connectivity index (χ0) is 26.1. The lowest BCUT2D eigenvalue weighted by atomic mass is 10.2. The van der Waals surface area contributed by atoms with Gasteiger partial charge >= 0.3 is 5.97 Å². The second-order valence-electron chi connectivity index (χ2n) is 8.99. The summed E-state index contributed by atoms with van der Waals surface area (Å²) < 4.78 is 6.86. The van der Waals surface area contributed by atoms with E-state index in [0.29, 0.717) is 24.0 Å². The minimum absolute atomic E-state index is 0.0294. The second kappa shape index (κ2) is 12.9. The third-order valence-corrected chi connectivity index (χ3v) is 6.03. The summed E-state index contributed by atoms with van der Waals surface area (Å²) in [5.74, 6) is -0.969. The number of anilines is 2. The van der Waals surface area contributed by atoms with Crippen LogP contribution in [0.4, 0.5) is 11.4 Å². The smallest absolute Gasteiger partial charge is 0.306 e. The largest absolute Gasteiger partial charge is 0.456 e. The number of hydrogen-bond donors (Lipinski definition) is 1. The zero-order valence-corrected chi connectivity index (χ0v) is 21.6. The average molecular weight is 493 g/mol. The van der Waals surface area contributed by atoms with Crippen LogP contribution in [-0.4, -0.2) is 40.6 Å². The molecule has 1 heterocycles. The first kappa shape index (κ1) is 26.9. The molecule has 0 aliphatic heterocycles. The van der Waals surface area contributed by atoms with Gasteiger partial charge in [0.05, 0.1) is 17.5 Å². The van der Waals surface area contributed by atoms with Gasteiger partial charge in [0.25, 0.3) is 11.5 Å². The summed E-state index contributed by atoms with van der Waals surface area (Å²) >= 11 is 0. The Labute approximate surface area is 212 Å². The highest BCUT2D eigenvalue weighted by atomic mass is 16.5. The van der Waals surface area contributed by atoms with Crippen molar-refractivity contribution < 1.29 is 14.3 Å². The molecule has 36 heavy (non-hydrogen) atoms. The van der Waals surface area contributed by atoms with Crippen LogP contribution >= 0.6 is 0 Å². The van der Waals surface area contributed by atoms with Crippen molar-refractivity contribution in [3.05, 3.63) is 64.6 Å². The number of nitrogens with zero attached hydrogens (tertiary/aromatic N) is 3. The molecule has 0 aliphatic rings. The number of nitrogens with one attached hydrogen (secondary N) is 1. The van der Waals surface area contributed by atoms with Gasteiger partial charge in [-0.3, -0.25) is 14.4 Å². The summed E-state index contributed by atoms with van der Waals surface area (Å²) in [6.07, 6.45) is 1.97. The van der Waals surface area contributed by atoms with Crippen LogP contribution < -0.4 is 15.8 Å². The fourth-order valence-electron chi connectivity index (χ4n) is 4.16. The molecule has 3 aromatic rings. The number of aromatic nitrogens is 2. The van der Waals surface area contributed by atoms with Gasteiger partial charge in [-0.25, -0.2) is 4.98 Å². The van der Waals surface area contributed by atoms with E-state index in [1.165, 1.54) is 0 Å². The number of fused-ring (bicyclic) bond motifs is 1. The summed E-state index contributed by atoms with van der Waals surface area (Å²) in [5.41, 5.74) is 3.36. The van der Waals surface area contributed by atoms with Crippen molar-refractivity contribution in [1.29, 1.82) is 0 Å². The first-order valence-corrected chi connectivity index (χ1v) is 12.6. The highest BCUT2D eigenvalue weighted by Gasteiger charge is 2.14. The van der Waals surface area contributed by atoms with Crippen molar-refractivity contribution in [3.63, 3.8) is 0 Å². The Bertz CT molecular complexity index is 1230. The summed E-state index contributed by atoms with van der Waals surface area (Å²) in [5, 5.41) is 2.74. The topological polar surface area (TPSA) is 93.5 Å². The zero-order valence-electron chi connectivity index (χ0n) is 21.6. The van der Waals surface area contributed by atoms with Crippen LogP contribution in [0.3, 0.4) is 0 Å². The van der Waals surface area contributed by atoms with Crippen LogP contribution in [0.15, 0.2) is 53.3 Å². The van der Waals surface area contributed by atoms with Crippen molar-refractivity contribution in [3.8, 4) is 0 Å². The third kappa shape index (κ3) is 6.93. The Morgan fingerprint density at radius 1 is 1.08 bits per heavy atom. The highest BCUT2D eigenvalue weighted by molar-refractivity contribution is 5.93. The van der Waals surface area contributed by atoms with E-state index in [9.17, 15) is 14.4 Å². The summed E-state index contributed by atoms with van der Waals surface area (Å²) in [4.78, 5) is 44.2. The molecule has 1 amide bonds. The van der Waals surface area contributed by atoms with Crippen LogP contribution in [0.5, 0.6) is 0 Å². The highest BCUT2D eigenvalue weighted by Crippen LogP contribution is 2.20. The predicted octanol–water partition coefficient (Wildman–Crippen LogP) is 4.55. The molecule has 3 rings (SSSR count). The van der Waals surface area contributed by atoms with Crippen LogP contribution in [0.1, 0.15) is 52.7 Å². The van der Waals surface area contributed by atoms with E-state index in [1.807, 2.05) is 48.5 Å². The first-order chi connectivity index (χ1) is 17.3. The van der Waals surface area contributed by atoms with Gasteiger partial charge in [0.2, 0.25) is 0 Å². The number of rotatable bonds is 12. The Kier molecular flexibility index (Phi) is 9.61. The molecule has 0 saturated heterocycles. The lowest BCUT2D eigenvalue weighted by molar-refractivity contribution is -0.147. The van der Waals surface area contributed by atoms with E-state index in [1.54, 1.807) is 4.57 Å². The molecule has 192 valence electrons. The summed E-state index contributed by atoms with van der Waals surface area (Å²) in [6, 6.07) is 15.4. The third-order valence-electron chi connectivity index (χ3n) is 6.03. The number of aryl methyl sites for hydroxylation is 2. The van der Waals surface area contributed by atoms with Crippen molar-refractivity contribution in [1.82, 2.24) is 9.55 Å². The maximum Gasteiger partial charge on any atom is 0.306 e. The molecule has 0 saturated carbocycles. The van der Waals surface area contributed by atoms with E-state index < -0.39 is 11.9 Å². The minimum Gasteiger partial charge on any atom is -0.456 e. The summed E-state index contributed by atoms with van der Waals surface area (Å²) in [6.45, 7) is 9.54. The molecule has 0 radical (unpaired) electrons. The molecule has 1 aromatic heterocycles. The van der Waals surface area contributed by atoms with E-state index >= 15 is 0 Å². The minimum atomic E-state index is -0.550. The Balaban J connectivity index is 1.54. The molecule has 8 nitrogen and oxygen atoms in total. The van der Waals surface area contributed by atoms with Gasteiger partial charge in [0.15, 0.2) is 6.61 Å². The number of para-hydroxylation sites is 2. The molecule has 8 heteroatoms. The fraction of sp³-hybridized carbons (Fsp3) is 0.429. The second-order valence-corrected chi connectivity index (χ2v) is 8.99. The lowest BCUT2D eigenvalue weighted by Gasteiger charge is -2.27. The van der Waals surface area contributed by atoms with Crippen LogP contribution in [0.25, 0.3) is 11.0 Å². The number of ether oxygens (including phenoxy) is 1. The van der Waals surface area contributed by atoms with Gasteiger partial charge in [-0.2, -0.15) is 0 Å². The number of hydrogen-bond acceptors (Lipinski definition) is 6. The quantitative estimate of drug-likeness (QED) is 0.373. The van der Waals surface area contributed by atoms with Gasteiger partial charge in [0, 0.05) is 36.9 Å². The Morgan fingerprint density at radius 2 is 1.81 bits per heavy atom. The Hall–Kier alpha value is -3.68. The van der Waals surface area contributed by atoms with Crippen LogP contribution in [-0.2, 0) is 27.3 Å². The molecule has 0 spiro atoms. The first-order valence-electron chi connectivity index (χ1n) is 12.6. The molecular weight excluding hydrogens is 456 g/mol. The number of esters is 1.